The van der Waals surface area contributed by atoms with Crippen LogP contribution in [0.2, 0.25) is 0 Å². The Kier molecular flexibility index (Phi) is 2.56. The van der Waals surface area contributed by atoms with Crippen molar-refractivity contribution in [3.05, 3.63) is 40.9 Å². The lowest BCUT2D eigenvalue weighted by molar-refractivity contribution is 0.0299. The quantitative estimate of drug-likeness (QED) is 0.645. The number of aryl methyl sites for hydroxylation is 1. The van der Waals surface area contributed by atoms with Gasteiger partial charge in [-0.05, 0) is 37.3 Å². The van der Waals surface area contributed by atoms with Crippen molar-refractivity contribution in [1.29, 1.82) is 0 Å². The van der Waals surface area contributed by atoms with Crippen LogP contribution in [0.25, 0.3) is 0 Å². The average Bonchev–Trinajstić information content (AvgIpc) is 2.89. The van der Waals surface area contributed by atoms with Crippen molar-refractivity contribution in [2.45, 2.75) is 19.6 Å². The molecule has 1 fully saturated rings. The van der Waals surface area contributed by atoms with Crippen molar-refractivity contribution in [3.63, 3.8) is 0 Å². The molecule has 2 aliphatic rings. The SMILES string of the molecule is Cc1cccc(C#CC2=C3CCNC3ON2)n1. The van der Waals surface area contributed by atoms with Gasteiger partial charge < -0.3 is 0 Å². The molecule has 2 N–H and O–H groups in total. The fraction of sp³-hybridized carbons (Fsp3) is 0.308. The molecule has 0 aliphatic carbocycles. The first kappa shape index (κ1) is 10.3. The summed E-state index contributed by atoms with van der Waals surface area (Å²) in [5.41, 5.74) is 6.71. The van der Waals surface area contributed by atoms with E-state index in [2.05, 4.69) is 27.6 Å². The molecule has 3 heterocycles. The van der Waals surface area contributed by atoms with Crippen LogP contribution in [0.4, 0.5) is 0 Å². The van der Waals surface area contributed by atoms with Gasteiger partial charge in [0.1, 0.15) is 11.4 Å². The van der Waals surface area contributed by atoms with Crippen LogP contribution >= 0.6 is 0 Å². The Bertz CT molecular complexity index is 539. The van der Waals surface area contributed by atoms with Gasteiger partial charge in [-0.15, -0.1) is 0 Å². The normalized spacial score (nSPS) is 21.8. The molecule has 86 valence electrons. The number of rotatable bonds is 0. The number of hydrogen-bond donors (Lipinski definition) is 2. The van der Waals surface area contributed by atoms with Crippen molar-refractivity contribution in [1.82, 2.24) is 15.8 Å². The third-order valence-corrected chi connectivity index (χ3v) is 2.84. The highest BCUT2D eigenvalue weighted by atomic mass is 16.7. The molecule has 1 aromatic rings. The summed E-state index contributed by atoms with van der Waals surface area (Å²) in [6.45, 7) is 2.91. The molecule has 17 heavy (non-hydrogen) atoms. The minimum atomic E-state index is 0.00442. The lowest BCUT2D eigenvalue weighted by Crippen LogP contribution is -2.25. The highest BCUT2D eigenvalue weighted by molar-refractivity contribution is 5.41. The second-order valence-corrected chi connectivity index (χ2v) is 4.12. The van der Waals surface area contributed by atoms with E-state index in [4.69, 9.17) is 4.84 Å². The van der Waals surface area contributed by atoms with E-state index < -0.39 is 0 Å². The van der Waals surface area contributed by atoms with Crippen molar-refractivity contribution in [2.24, 2.45) is 0 Å². The number of pyridine rings is 1. The molecule has 0 amide bonds. The number of hydroxylamine groups is 1. The summed E-state index contributed by atoms with van der Waals surface area (Å²) in [6.07, 6.45) is 0.993. The molecule has 3 rings (SSSR count). The van der Waals surface area contributed by atoms with Gasteiger partial charge in [0.05, 0.1) is 0 Å². The Morgan fingerprint density at radius 2 is 2.35 bits per heavy atom. The largest absolute Gasteiger partial charge is 0.286 e. The Morgan fingerprint density at radius 1 is 1.41 bits per heavy atom. The maximum atomic E-state index is 5.34. The smallest absolute Gasteiger partial charge is 0.160 e. The first-order valence-corrected chi connectivity index (χ1v) is 5.67. The molecule has 0 aromatic carbocycles. The summed E-state index contributed by atoms with van der Waals surface area (Å²) < 4.78 is 0. The van der Waals surface area contributed by atoms with Gasteiger partial charge in [0, 0.05) is 17.8 Å². The van der Waals surface area contributed by atoms with Gasteiger partial charge in [0.25, 0.3) is 0 Å². The standard InChI is InChI=1S/C13H13N3O/c1-9-3-2-4-10(15-9)5-6-12-11-7-8-14-13(11)17-16-12/h2-4,13-14,16H,7-8H2,1H3. The van der Waals surface area contributed by atoms with Gasteiger partial charge in [0.2, 0.25) is 0 Å². The number of aromatic nitrogens is 1. The molecule has 4 nitrogen and oxygen atoms in total. The van der Waals surface area contributed by atoms with Gasteiger partial charge in [-0.3, -0.25) is 15.6 Å². The molecule has 4 heteroatoms. The predicted molar refractivity (Wildman–Crippen MR) is 63.5 cm³/mol. The lowest BCUT2D eigenvalue weighted by Gasteiger charge is -2.02. The molecule has 0 radical (unpaired) electrons. The molecular formula is C13H13N3O. The van der Waals surface area contributed by atoms with Gasteiger partial charge in [-0.1, -0.05) is 6.07 Å². The van der Waals surface area contributed by atoms with Crippen molar-refractivity contribution in [2.75, 3.05) is 6.54 Å². The van der Waals surface area contributed by atoms with E-state index >= 15 is 0 Å². The summed E-state index contributed by atoms with van der Waals surface area (Å²) in [5, 5.41) is 3.23. The summed E-state index contributed by atoms with van der Waals surface area (Å²) in [4.78, 5) is 9.68. The third kappa shape index (κ3) is 2.03. The molecular weight excluding hydrogens is 214 g/mol. The number of nitrogens with zero attached hydrogens (tertiary/aromatic N) is 1. The molecule has 0 spiro atoms. The Labute approximate surface area is 100 Å². The second-order valence-electron chi connectivity index (χ2n) is 4.12. The highest BCUT2D eigenvalue weighted by Gasteiger charge is 2.29. The zero-order valence-corrected chi connectivity index (χ0v) is 9.58. The van der Waals surface area contributed by atoms with Gasteiger partial charge >= 0.3 is 0 Å². The van der Waals surface area contributed by atoms with Crippen molar-refractivity contribution < 1.29 is 4.84 Å². The van der Waals surface area contributed by atoms with Crippen LogP contribution in [0.5, 0.6) is 0 Å². The zero-order chi connectivity index (χ0) is 11.7. The molecule has 1 aromatic heterocycles. The average molecular weight is 227 g/mol. The Balaban J connectivity index is 1.87. The van der Waals surface area contributed by atoms with E-state index in [0.717, 1.165) is 30.1 Å². The summed E-state index contributed by atoms with van der Waals surface area (Å²) in [6, 6.07) is 5.83. The zero-order valence-electron chi connectivity index (χ0n) is 9.58. The van der Waals surface area contributed by atoms with Crippen molar-refractivity contribution >= 4 is 0 Å². The number of allylic oxidation sites excluding steroid dienone is 1. The van der Waals surface area contributed by atoms with Gasteiger partial charge in [-0.2, -0.15) is 0 Å². The van der Waals surface area contributed by atoms with Gasteiger partial charge in [-0.25, -0.2) is 4.98 Å². The van der Waals surface area contributed by atoms with E-state index in [0.29, 0.717) is 0 Å². The second kappa shape index (κ2) is 4.21. The molecule has 1 atom stereocenters. The summed E-state index contributed by atoms with van der Waals surface area (Å²) in [7, 11) is 0. The van der Waals surface area contributed by atoms with Crippen LogP contribution in [0.1, 0.15) is 17.8 Å². The first-order chi connectivity index (χ1) is 8.33. The summed E-state index contributed by atoms with van der Waals surface area (Å²) >= 11 is 0. The van der Waals surface area contributed by atoms with Crippen LogP contribution in [-0.2, 0) is 4.84 Å². The highest BCUT2D eigenvalue weighted by Crippen LogP contribution is 2.22. The lowest BCUT2D eigenvalue weighted by atomic mass is 10.2. The van der Waals surface area contributed by atoms with Crippen LogP contribution in [-0.4, -0.2) is 17.8 Å². The van der Waals surface area contributed by atoms with E-state index in [1.54, 1.807) is 0 Å². The minimum absolute atomic E-state index is 0.00442. The van der Waals surface area contributed by atoms with Crippen LogP contribution < -0.4 is 10.8 Å². The molecule has 1 unspecified atom stereocenters. The third-order valence-electron chi connectivity index (χ3n) is 2.84. The van der Waals surface area contributed by atoms with E-state index in [1.807, 2.05) is 25.1 Å². The van der Waals surface area contributed by atoms with E-state index in [1.165, 1.54) is 5.57 Å². The maximum Gasteiger partial charge on any atom is 0.160 e. The topological polar surface area (TPSA) is 46.2 Å². The van der Waals surface area contributed by atoms with Crippen LogP contribution in [0, 0.1) is 18.8 Å². The molecule has 2 aliphatic heterocycles. The Hall–Kier alpha value is -1.83. The summed E-state index contributed by atoms with van der Waals surface area (Å²) in [5.74, 6) is 6.14. The fourth-order valence-electron chi connectivity index (χ4n) is 1.99. The fourth-order valence-corrected chi connectivity index (χ4v) is 1.99. The monoisotopic (exact) mass is 227 g/mol. The Morgan fingerprint density at radius 3 is 3.24 bits per heavy atom. The van der Waals surface area contributed by atoms with Crippen LogP contribution in [0.15, 0.2) is 29.5 Å². The predicted octanol–water partition coefficient (Wildman–Crippen LogP) is 0.850. The molecule has 0 bridgehead atoms. The molecule has 0 saturated carbocycles. The first-order valence-electron chi connectivity index (χ1n) is 5.67. The maximum absolute atomic E-state index is 5.34. The van der Waals surface area contributed by atoms with Gasteiger partial charge in [0.15, 0.2) is 6.23 Å². The van der Waals surface area contributed by atoms with Crippen molar-refractivity contribution in [3.8, 4) is 11.8 Å². The molecule has 1 saturated heterocycles. The van der Waals surface area contributed by atoms with Crippen LogP contribution in [0.3, 0.4) is 0 Å². The minimum Gasteiger partial charge on any atom is -0.286 e. The van der Waals surface area contributed by atoms with E-state index in [9.17, 15) is 0 Å². The number of fused-ring (bicyclic) bond motifs is 1. The van der Waals surface area contributed by atoms with E-state index in [-0.39, 0.29) is 6.23 Å². The number of nitrogens with one attached hydrogen (secondary N) is 2. The number of hydrogen-bond acceptors (Lipinski definition) is 4.